The van der Waals surface area contributed by atoms with E-state index in [0.717, 1.165) is 55.9 Å². The van der Waals surface area contributed by atoms with Crippen LogP contribution >= 0.6 is 0 Å². The summed E-state index contributed by atoms with van der Waals surface area (Å²) in [6, 6.07) is 29.5. The Labute approximate surface area is 198 Å². The molecule has 0 saturated carbocycles. The zero-order chi connectivity index (χ0) is 23.1. The first-order chi connectivity index (χ1) is 16.7. The van der Waals surface area contributed by atoms with Gasteiger partial charge in [-0.2, -0.15) is 4.57 Å². The van der Waals surface area contributed by atoms with Crippen LogP contribution in [0.1, 0.15) is 11.4 Å². The van der Waals surface area contributed by atoms with Crippen LogP contribution in [0.4, 0.5) is 0 Å². The van der Waals surface area contributed by atoms with E-state index >= 15 is 0 Å². The third-order valence-corrected chi connectivity index (χ3v) is 6.17. The fourth-order valence-electron chi connectivity index (χ4n) is 4.51. The van der Waals surface area contributed by atoms with Crippen LogP contribution in [0.15, 0.2) is 104 Å². The lowest BCUT2D eigenvalue weighted by atomic mass is 10.0. The summed E-state index contributed by atoms with van der Waals surface area (Å²) in [5, 5.41) is 3.40. The second-order valence-electron chi connectivity index (χ2n) is 8.57. The molecule has 0 aliphatic carbocycles. The quantitative estimate of drug-likeness (QED) is 0.299. The maximum Gasteiger partial charge on any atom is 0.218 e. The predicted molar refractivity (Wildman–Crippen MR) is 137 cm³/mol. The molecule has 0 N–H and O–H groups in total. The highest BCUT2D eigenvalue weighted by Crippen LogP contribution is 2.28. The molecule has 0 spiro atoms. The lowest BCUT2D eigenvalue weighted by molar-refractivity contribution is -0.567. The molecule has 2 aromatic carbocycles. The Bertz CT molecular complexity index is 1690. The van der Waals surface area contributed by atoms with Crippen molar-refractivity contribution in [2.75, 3.05) is 0 Å². The third kappa shape index (κ3) is 3.59. The molecule has 0 amide bonds. The molecule has 0 atom stereocenters. The van der Waals surface area contributed by atoms with Crippen LogP contribution in [-0.4, -0.2) is 15.0 Å². The van der Waals surface area contributed by atoms with Crippen molar-refractivity contribution in [2.24, 2.45) is 0 Å². The largest absolute Gasteiger partial charge is 0.263 e. The number of rotatable bonds is 3. The van der Waals surface area contributed by atoms with Gasteiger partial charge in [-0.1, -0.05) is 12.1 Å². The van der Waals surface area contributed by atoms with Gasteiger partial charge in [-0.25, -0.2) is 0 Å². The lowest BCUT2D eigenvalue weighted by Crippen LogP contribution is -2.30. The Morgan fingerprint density at radius 1 is 0.647 bits per heavy atom. The molecule has 4 heteroatoms. The van der Waals surface area contributed by atoms with Gasteiger partial charge in [0.25, 0.3) is 0 Å². The molecule has 4 aromatic heterocycles. The van der Waals surface area contributed by atoms with Crippen molar-refractivity contribution in [3.05, 3.63) is 115 Å². The highest BCUT2D eigenvalue weighted by atomic mass is 15.0. The Hall–Kier alpha value is -4.44. The summed E-state index contributed by atoms with van der Waals surface area (Å²) in [5.74, 6) is 0. The molecule has 0 fully saturated rings. The molecule has 6 aromatic rings. The normalized spacial score (nSPS) is 11.2. The topological polar surface area (TPSA) is 42.5 Å². The molecule has 0 radical (unpaired) electrons. The zero-order valence-electron chi connectivity index (χ0n) is 19.1. The molecule has 4 nitrogen and oxygen atoms in total. The lowest BCUT2D eigenvalue weighted by Gasteiger charge is -2.08. The first-order valence-corrected chi connectivity index (χ1v) is 11.4. The van der Waals surface area contributed by atoms with Gasteiger partial charge in [0.1, 0.15) is 0 Å². The van der Waals surface area contributed by atoms with Gasteiger partial charge in [0.15, 0.2) is 6.20 Å². The van der Waals surface area contributed by atoms with E-state index in [1.54, 1.807) is 0 Å². The van der Waals surface area contributed by atoms with E-state index in [1.165, 1.54) is 5.39 Å². The van der Waals surface area contributed by atoms with Crippen molar-refractivity contribution in [1.29, 1.82) is 0 Å². The summed E-state index contributed by atoms with van der Waals surface area (Å²) in [6.45, 7) is 4.04. The molecule has 0 aliphatic heterocycles. The van der Waals surface area contributed by atoms with Gasteiger partial charge >= 0.3 is 0 Å². The smallest absolute Gasteiger partial charge is 0.218 e. The number of benzene rings is 2. The van der Waals surface area contributed by atoms with E-state index in [4.69, 9.17) is 9.97 Å². The van der Waals surface area contributed by atoms with E-state index in [1.807, 2.05) is 50.5 Å². The molecular weight excluding hydrogens is 416 g/mol. The Balaban J connectivity index is 1.51. The van der Waals surface area contributed by atoms with Gasteiger partial charge in [0, 0.05) is 75.3 Å². The minimum atomic E-state index is 0.938. The highest BCUT2D eigenvalue weighted by Gasteiger charge is 2.15. The number of aromatic nitrogens is 4. The van der Waals surface area contributed by atoms with Crippen molar-refractivity contribution >= 4 is 21.7 Å². The van der Waals surface area contributed by atoms with E-state index in [-0.39, 0.29) is 0 Å². The minimum absolute atomic E-state index is 0.938. The first kappa shape index (κ1) is 20.2. The summed E-state index contributed by atoms with van der Waals surface area (Å²) in [5.41, 5.74) is 8.34. The fourth-order valence-corrected chi connectivity index (χ4v) is 4.51. The maximum atomic E-state index is 4.74. The van der Waals surface area contributed by atoms with E-state index in [0.29, 0.717) is 0 Å². The number of nitrogens with zero attached hydrogens (tertiary/aromatic N) is 4. The molecule has 6 rings (SSSR count). The van der Waals surface area contributed by atoms with Gasteiger partial charge in [-0.15, -0.1) is 0 Å². The van der Waals surface area contributed by atoms with Crippen molar-refractivity contribution in [1.82, 2.24) is 15.0 Å². The number of pyridine rings is 4. The van der Waals surface area contributed by atoms with E-state index < -0.39 is 0 Å². The van der Waals surface area contributed by atoms with Crippen LogP contribution in [0, 0.1) is 13.8 Å². The van der Waals surface area contributed by atoms with Gasteiger partial charge in [-0.3, -0.25) is 15.0 Å². The first-order valence-electron chi connectivity index (χ1n) is 11.4. The van der Waals surface area contributed by atoms with Gasteiger partial charge in [0.2, 0.25) is 11.2 Å². The molecule has 0 aliphatic rings. The van der Waals surface area contributed by atoms with E-state index in [2.05, 4.69) is 76.4 Å². The van der Waals surface area contributed by atoms with Crippen molar-refractivity contribution < 1.29 is 4.57 Å². The Morgan fingerprint density at radius 3 is 2.26 bits per heavy atom. The van der Waals surface area contributed by atoms with Crippen LogP contribution < -0.4 is 4.57 Å². The molecule has 0 bridgehead atoms. The minimum Gasteiger partial charge on any atom is -0.263 e. The second-order valence-corrected chi connectivity index (χ2v) is 8.57. The maximum absolute atomic E-state index is 4.74. The van der Waals surface area contributed by atoms with Gasteiger partial charge < -0.3 is 0 Å². The number of hydrogen-bond donors (Lipinski definition) is 0. The second kappa shape index (κ2) is 8.16. The molecule has 0 unspecified atom stereocenters. The molecule has 0 saturated heterocycles. The van der Waals surface area contributed by atoms with Crippen molar-refractivity contribution in [2.45, 2.75) is 13.8 Å². The summed E-state index contributed by atoms with van der Waals surface area (Å²) in [4.78, 5) is 13.9. The van der Waals surface area contributed by atoms with Crippen LogP contribution in [0.2, 0.25) is 0 Å². The molecule has 4 heterocycles. The molecular formula is C30H23N4+. The van der Waals surface area contributed by atoms with E-state index in [9.17, 15) is 0 Å². The standard InChI is InChI=1S/C30H23N4/c1-20-6-3-9-28(32-20)22-12-14-30-23(16-22)8-5-15-34(30)25-13-11-24-18-31-19-27(26(24)17-25)29-10-4-7-21(2)33-29/h3-19H,1-2H3/q+1. The van der Waals surface area contributed by atoms with Crippen LogP contribution in [0.5, 0.6) is 0 Å². The zero-order valence-corrected chi connectivity index (χ0v) is 19.1. The molecule has 162 valence electrons. The van der Waals surface area contributed by atoms with Crippen LogP contribution in [0.25, 0.3) is 49.9 Å². The van der Waals surface area contributed by atoms with Crippen LogP contribution in [-0.2, 0) is 0 Å². The summed E-state index contributed by atoms with van der Waals surface area (Å²) >= 11 is 0. The Kier molecular flexibility index (Phi) is 4.84. The SMILES string of the molecule is Cc1cccc(-c2ccc3c(ccc[n+]3-c3ccc4cncc(-c5cccc(C)n5)c4c3)c2)n1. The number of fused-ring (bicyclic) bond motifs is 2. The van der Waals surface area contributed by atoms with Crippen molar-refractivity contribution in [3.63, 3.8) is 0 Å². The summed E-state index contributed by atoms with van der Waals surface area (Å²) in [7, 11) is 0. The third-order valence-electron chi connectivity index (χ3n) is 6.17. The number of aryl methyl sites for hydroxylation is 2. The van der Waals surface area contributed by atoms with Crippen molar-refractivity contribution in [3.8, 4) is 28.2 Å². The van der Waals surface area contributed by atoms with Gasteiger partial charge in [-0.05, 0) is 62.4 Å². The van der Waals surface area contributed by atoms with Crippen LogP contribution in [0.3, 0.4) is 0 Å². The number of hydrogen-bond acceptors (Lipinski definition) is 3. The summed E-state index contributed by atoms with van der Waals surface area (Å²) < 4.78 is 2.23. The average Bonchev–Trinajstić information content (AvgIpc) is 2.87. The molecule has 34 heavy (non-hydrogen) atoms. The summed E-state index contributed by atoms with van der Waals surface area (Å²) in [6.07, 6.45) is 5.93. The monoisotopic (exact) mass is 439 g/mol. The Morgan fingerprint density at radius 2 is 1.44 bits per heavy atom. The average molecular weight is 440 g/mol. The van der Waals surface area contributed by atoms with Gasteiger partial charge in [0.05, 0.1) is 11.4 Å². The predicted octanol–water partition coefficient (Wildman–Crippen LogP) is 6.41. The highest BCUT2D eigenvalue weighted by molar-refractivity contribution is 5.96. The fraction of sp³-hybridized carbons (Fsp3) is 0.0667.